The number of benzene rings is 3. The van der Waals surface area contributed by atoms with E-state index >= 15 is 0 Å². The number of nitrogens with one attached hydrogen (secondary N) is 1. The zero-order valence-electron chi connectivity index (χ0n) is 16.9. The molecule has 3 aromatic rings. The highest BCUT2D eigenvalue weighted by Gasteiger charge is 2.16. The number of nitrogens with zero attached hydrogens (tertiary/aromatic N) is 1. The second-order valence-electron chi connectivity index (χ2n) is 6.93. The van der Waals surface area contributed by atoms with Gasteiger partial charge in [-0.25, -0.2) is 13.4 Å². The molecule has 3 rings (SSSR count). The van der Waals surface area contributed by atoms with Crippen LogP contribution in [-0.2, 0) is 21.2 Å². The number of phenols is 1. The van der Waals surface area contributed by atoms with Crippen molar-refractivity contribution in [2.45, 2.75) is 17.7 Å². The lowest BCUT2D eigenvalue weighted by Gasteiger charge is -2.12. The molecule has 0 saturated carbocycles. The van der Waals surface area contributed by atoms with Gasteiger partial charge in [0.1, 0.15) is 5.75 Å². The molecule has 0 spiro atoms. The predicted molar refractivity (Wildman–Crippen MR) is 122 cm³/mol. The third kappa shape index (κ3) is 5.55. The topological polar surface area (TPSA) is 168 Å². The Kier molecular flexibility index (Phi) is 6.64. The van der Waals surface area contributed by atoms with E-state index in [4.69, 9.17) is 16.6 Å². The first-order valence-corrected chi connectivity index (χ1v) is 11.0. The van der Waals surface area contributed by atoms with Gasteiger partial charge in [-0.15, -0.1) is 0 Å². The number of rotatable bonds is 8. The molecule has 3 aromatic carbocycles. The highest BCUT2D eigenvalue weighted by Crippen LogP contribution is 2.34. The van der Waals surface area contributed by atoms with Gasteiger partial charge in [-0.3, -0.25) is 9.52 Å². The van der Waals surface area contributed by atoms with Crippen LogP contribution < -0.4 is 16.2 Å². The zero-order chi connectivity index (χ0) is 23.3. The first-order valence-electron chi connectivity index (χ1n) is 9.51. The Labute approximate surface area is 185 Å². The molecule has 9 nitrogen and oxygen atoms in total. The van der Waals surface area contributed by atoms with E-state index in [-0.39, 0.29) is 35.1 Å². The molecular formula is C22H22N4O5S. The number of guanidine groups is 1. The van der Waals surface area contributed by atoms with Crippen LogP contribution in [0.1, 0.15) is 12.0 Å². The number of sulfonamides is 1. The van der Waals surface area contributed by atoms with Crippen LogP contribution >= 0.6 is 0 Å². The van der Waals surface area contributed by atoms with E-state index in [0.29, 0.717) is 22.4 Å². The van der Waals surface area contributed by atoms with Gasteiger partial charge < -0.3 is 21.7 Å². The maximum Gasteiger partial charge on any atom is 0.303 e. The van der Waals surface area contributed by atoms with Gasteiger partial charge >= 0.3 is 5.97 Å². The van der Waals surface area contributed by atoms with Crippen LogP contribution in [0.15, 0.2) is 76.6 Å². The number of phenolic OH excluding ortho intramolecular Hbond substituents is 1. The molecule has 0 bridgehead atoms. The van der Waals surface area contributed by atoms with Gasteiger partial charge in [0, 0.05) is 17.7 Å². The van der Waals surface area contributed by atoms with Crippen molar-refractivity contribution in [3.05, 3.63) is 72.3 Å². The highest BCUT2D eigenvalue weighted by atomic mass is 32.2. The van der Waals surface area contributed by atoms with Gasteiger partial charge in [0.15, 0.2) is 5.96 Å². The number of aliphatic imine (C=N–C) groups is 1. The average Bonchev–Trinajstić information content (AvgIpc) is 2.72. The van der Waals surface area contributed by atoms with Gasteiger partial charge in [0.2, 0.25) is 0 Å². The lowest BCUT2D eigenvalue weighted by atomic mass is 9.99. The molecule has 10 heteroatoms. The van der Waals surface area contributed by atoms with Crippen molar-refractivity contribution in [1.82, 2.24) is 0 Å². The summed E-state index contributed by atoms with van der Waals surface area (Å²) in [6.45, 7) is 0. The minimum Gasteiger partial charge on any atom is -0.507 e. The van der Waals surface area contributed by atoms with Crippen molar-refractivity contribution in [1.29, 1.82) is 0 Å². The van der Waals surface area contributed by atoms with Crippen molar-refractivity contribution < 1.29 is 23.4 Å². The summed E-state index contributed by atoms with van der Waals surface area (Å²) in [5.41, 5.74) is 12.8. The number of carboxylic acids is 1. The predicted octanol–water partition coefficient (Wildman–Crippen LogP) is 2.78. The van der Waals surface area contributed by atoms with Crippen molar-refractivity contribution in [3.63, 3.8) is 0 Å². The van der Waals surface area contributed by atoms with Crippen molar-refractivity contribution in [2.75, 3.05) is 4.72 Å². The SMILES string of the molecule is NC(N)=Nc1cccc(S(=O)(=O)Nc2cccc(-c3cccc(CCC(=O)O)c3O)c2)c1. The fraction of sp³-hybridized carbons (Fsp3) is 0.0909. The first-order chi connectivity index (χ1) is 15.2. The van der Waals surface area contributed by atoms with Crippen LogP contribution in [0.4, 0.5) is 11.4 Å². The molecule has 0 aromatic heterocycles. The van der Waals surface area contributed by atoms with E-state index in [1.54, 1.807) is 48.5 Å². The molecular weight excluding hydrogens is 432 g/mol. The average molecular weight is 455 g/mol. The standard InChI is InChI=1S/C22H22N4O5S/c23-22(24)25-16-6-3-8-18(13-16)32(30,31)26-17-7-1-5-15(12-17)19-9-2-4-14(21(19)29)10-11-20(27)28/h1-9,12-13,26,29H,10-11H2,(H,27,28)(H4,23,24,25). The van der Waals surface area contributed by atoms with Gasteiger partial charge in [0.25, 0.3) is 10.0 Å². The van der Waals surface area contributed by atoms with E-state index in [1.807, 2.05) is 0 Å². The summed E-state index contributed by atoms with van der Waals surface area (Å²) in [7, 11) is -3.94. The number of hydrogen-bond donors (Lipinski definition) is 5. The van der Waals surface area contributed by atoms with E-state index in [1.165, 1.54) is 18.2 Å². The minimum atomic E-state index is -3.94. The quantitative estimate of drug-likeness (QED) is 0.257. The van der Waals surface area contributed by atoms with Crippen LogP contribution in [0.5, 0.6) is 5.75 Å². The number of anilines is 1. The molecule has 0 aliphatic carbocycles. The largest absolute Gasteiger partial charge is 0.507 e. The number of aryl methyl sites for hydroxylation is 1. The van der Waals surface area contributed by atoms with Crippen LogP contribution in [0.2, 0.25) is 0 Å². The molecule has 0 aliphatic heterocycles. The summed E-state index contributed by atoms with van der Waals surface area (Å²) in [6, 6.07) is 17.4. The molecule has 0 heterocycles. The second kappa shape index (κ2) is 9.40. The summed E-state index contributed by atoms with van der Waals surface area (Å²) in [5, 5.41) is 19.5. The second-order valence-corrected chi connectivity index (χ2v) is 8.61. The van der Waals surface area contributed by atoms with E-state index in [0.717, 1.165) is 0 Å². The molecule has 0 amide bonds. The molecule has 0 unspecified atom stereocenters. The van der Waals surface area contributed by atoms with Crippen LogP contribution in [0, 0.1) is 0 Å². The number of para-hydroxylation sites is 1. The highest BCUT2D eigenvalue weighted by molar-refractivity contribution is 7.92. The summed E-state index contributed by atoms with van der Waals surface area (Å²) >= 11 is 0. The third-order valence-electron chi connectivity index (χ3n) is 4.54. The molecule has 166 valence electrons. The molecule has 0 saturated heterocycles. The Morgan fingerprint density at radius 2 is 1.72 bits per heavy atom. The number of aliphatic carboxylic acids is 1. The van der Waals surface area contributed by atoms with E-state index in [2.05, 4.69) is 9.71 Å². The van der Waals surface area contributed by atoms with Gasteiger partial charge in [-0.2, -0.15) is 0 Å². The van der Waals surface area contributed by atoms with Crippen molar-refractivity contribution in [3.8, 4) is 16.9 Å². The summed E-state index contributed by atoms with van der Waals surface area (Å²) in [4.78, 5) is 14.7. The lowest BCUT2D eigenvalue weighted by Crippen LogP contribution is -2.22. The Balaban J connectivity index is 1.90. The fourth-order valence-corrected chi connectivity index (χ4v) is 4.19. The number of carboxylic acid groups (broad SMARTS) is 1. The third-order valence-corrected chi connectivity index (χ3v) is 5.92. The number of carbonyl (C=O) groups is 1. The van der Waals surface area contributed by atoms with E-state index < -0.39 is 16.0 Å². The minimum absolute atomic E-state index is 0.0241. The molecule has 0 atom stereocenters. The maximum atomic E-state index is 12.8. The molecule has 32 heavy (non-hydrogen) atoms. The van der Waals surface area contributed by atoms with Crippen LogP contribution in [0.25, 0.3) is 11.1 Å². The molecule has 0 radical (unpaired) electrons. The molecule has 7 N–H and O–H groups in total. The van der Waals surface area contributed by atoms with Crippen LogP contribution in [0.3, 0.4) is 0 Å². The Hall–Kier alpha value is -4.05. The van der Waals surface area contributed by atoms with Crippen molar-refractivity contribution >= 4 is 33.3 Å². The van der Waals surface area contributed by atoms with Crippen LogP contribution in [-0.4, -0.2) is 30.6 Å². The smallest absolute Gasteiger partial charge is 0.303 e. The Morgan fingerprint density at radius 3 is 2.44 bits per heavy atom. The van der Waals surface area contributed by atoms with Crippen molar-refractivity contribution in [2.24, 2.45) is 16.5 Å². The number of aromatic hydroxyl groups is 1. The monoisotopic (exact) mass is 454 g/mol. The number of hydrogen-bond acceptors (Lipinski definition) is 5. The summed E-state index contributed by atoms with van der Waals surface area (Å²) < 4.78 is 28.2. The first kappa shape index (κ1) is 22.6. The lowest BCUT2D eigenvalue weighted by molar-refractivity contribution is -0.136. The fourth-order valence-electron chi connectivity index (χ4n) is 3.10. The number of nitrogens with two attached hydrogens (primary N) is 2. The molecule has 0 aliphatic rings. The summed E-state index contributed by atoms with van der Waals surface area (Å²) in [6.07, 6.45) is 0.0588. The zero-order valence-corrected chi connectivity index (χ0v) is 17.7. The normalized spacial score (nSPS) is 11.0. The van der Waals surface area contributed by atoms with Gasteiger partial charge in [0.05, 0.1) is 10.6 Å². The van der Waals surface area contributed by atoms with Gasteiger partial charge in [-0.05, 0) is 47.9 Å². The Bertz CT molecular complexity index is 1280. The maximum absolute atomic E-state index is 12.8. The van der Waals surface area contributed by atoms with E-state index in [9.17, 15) is 18.3 Å². The summed E-state index contributed by atoms with van der Waals surface area (Å²) in [5.74, 6) is -1.19. The van der Waals surface area contributed by atoms with Gasteiger partial charge in [-0.1, -0.05) is 36.4 Å². The molecule has 0 fully saturated rings. The Morgan fingerprint density at radius 1 is 1.00 bits per heavy atom.